The number of hydrogen-bond acceptors (Lipinski definition) is 5. The van der Waals surface area contributed by atoms with Gasteiger partial charge in [-0.2, -0.15) is 0 Å². The van der Waals surface area contributed by atoms with Gasteiger partial charge in [0.15, 0.2) is 5.88 Å². The molecule has 0 saturated carbocycles. The number of nitrogens with one attached hydrogen (secondary N) is 1. The molecule has 0 aliphatic carbocycles. The second kappa shape index (κ2) is 4.42. The molecule has 1 aliphatic heterocycles. The Morgan fingerprint density at radius 2 is 2.00 bits per heavy atom. The fourth-order valence-electron chi connectivity index (χ4n) is 1.14. The molecular formula is C10H17NO4. The Hall–Kier alpha value is -1.39. The van der Waals surface area contributed by atoms with Crippen molar-refractivity contribution in [2.24, 2.45) is 0 Å². The lowest BCUT2D eigenvalue weighted by atomic mass is 10.2. The molecule has 1 fully saturated rings. The van der Waals surface area contributed by atoms with Crippen molar-refractivity contribution in [1.29, 1.82) is 0 Å². The van der Waals surface area contributed by atoms with Gasteiger partial charge in [0.1, 0.15) is 18.8 Å². The summed E-state index contributed by atoms with van der Waals surface area (Å²) in [5, 5.41) is 2.98. The minimum Gasteiger partial charge on any atom is -0.474 e. The summed E-state index contributed by atoms with van der Waals surface area (Å²) in [6.07, 6.45) is -0.629. The fourth-order valence-corrected chi connectivity index (χ4v) is 1.14. The van der Waals surface area contributed by atoms with E-state index in [1.807, 2.05) is 20.8 Å². The quantitative estimate of drug-likeness (QED) is 0.569. The van der Waals surface area contributed by atoms with Crippen LogP contribution in [-0.4, -0.2) is 31.0 Å². The molecule has 0 radical (unpaired) electrons. The normalized spacial score (nSPS) is 17.7. The van der Waals surface area contributed by atoms with Crippen molar-refractivity contribution in [3.05, 3.63) is 12.5 Å². The number of hydrogen-bond donors (Lipinski definition) is 1. The molecule has 5 heteroatoms. The lowest BCUT2D eigenvalue weighted by Gasteiger charge is -2.28. The summed E-state index contributed by atoms with van der Waals surface area (Å²) in [4.78, 5) is 10.6. The maximum atomic E-state index is 10.6. The zero-order valence-electron chi connectivity index (χ0n) is 9.33. The van der Waals surface area contributed by atoms with Gasteiger partial charge in [-0.15, -0.1) is 0 Å². The molecule has 0 aromatic carbocycles. The van der Waals surface area contributed by atoms with E-state index in [1.165, 1.54) is 0 Å². The van der Waals surface area contributed by atoms with E-state index in [2.05, 4.69) is 11.9 Å². The number of carbonyl (C=O) groups excluding carboxylic acids is 1. The third-order valence-corrected chi connectivity index (χ3v) is 1.60. The molecule has 5 nitrogen and oxygen atoms in total. The van der Waals surface area contributed by atoms with Crippen LogP contribution in [0.4, 0.5) is 4.79 Å². The van der Waals surface area contributed by atoms with Crippen LogP contribution in [0.3, 0.4) is 0 Å². The summed E-state index contributed by atoms with van der Waals surface area (Å²) < 4.78 is 14.9. The summed E-state index contributed by atoms with van der Waals surface area (Å²) in [6.45, 7) is 10.0. The highest BCUT2D eigenvalue weighted by molar-refractivity contribution is 5.60. The van der Waals surface area contributed by atoms with Crippen LogP contribution >= 0.6 is 0 Å². The molecule has 1 N–H and O–H groups in total. The molecule has 0 amide bonds. The molecule has 1 heterocycles. The Morgan fingerprint density at radius 3 is 2.47 bits per heavy atom. The predicted octanol–water partition coefficient (Wildman–Crippen LogP) is 1.40. The van der Waals surface area contributed by atoms with Gasteiger partial charge in [-0.1, -0.05) is 0 Å². The van der Waals surface area contributed by atoms with E-state index in [0.29, 0.717) is 5.88 Å². The Morgan fingerprint density at radius 1 is 1.47 bits per heavy atom. The van der Waals surface area contributed by atoms with Gasteiger partial charge in [0.2, 0.25) is 0 Å². The molecule has 0 aromatic rings. The van der Waals surface area contributed by atoms with E-state index in [0.717, 1.165) is 0 Å². The van der Waals surface area contributed by atoms with Gasteiger partial charge in [-0.3, -0.25) is 0 Å². The zero-order chi connectivity index (χ0) is 11.5. The standard InChI is InChI=1S/C10H17NO4/c1-7(15-10(2,3)4)11-8-5-13-9(12)14-6-8/h8,11H,1,5-6H2,2-4H3. The second-order valence-corrected chi connectivity index (χ2v) is 4.35. The van der Waals surface area contributed by atoms with Crippen LogP contribution in [0.1, 0.15) is 20.8 Å². The fraction of sp³-hybridized carbons (Fsp3) is 0.700. The van der Waals surface area contributed by atoms with E-state index in [9.17, 15) is 4.79 Å². The summed E-state index contributed by atoms with van der Waals surface area (Å²) >= 11 is 0. The number of carbonyl (C=O) groups is 1. The van der Waals surface area contributed by atoms with E-state index in [1.54, 1.807) is 0 Å². The Bertz CT molecular complexity index is 247. The molecule has 0 bridgehead atoms. The van der Waals surface area contributed by atoms with E-state index >= 15 is 0 Å². The Labute approximate surface area is 89.4 Å². The van der Waals surface area contributed by atoms with Crippen LogP contribution in [0.5, 0.6) is 0 Å². The minimum atomic E-state index is -0.629. The second-order valence-electron chi connectivity index (χ2n) is 4.35. The average molecular weight is 215 g/mol. The molecule has 86 valence electrons. The average Bonchev–Trinajstić information content (AvgIpc) is 2.05. The first-order chi connectivity index (χ1) is 6.87. The summed E-state index contributed by atoms with van der Waals surface area (Å²) in [6, 6.07) is -0.0995. The van der Waals surface area contributed by atoms with Gasteiger partial charge in [0.25, 0.3) is 0 Å². The molecule has 1 saturated heterocycles. The van der Waals surface area contributed by atoms with Gasteiger partial charge in [-0.25, -0.2) is 4.79 Å². The Balaban J connectivity index is 2.29. The molecular weight excluding hydrogens is 198 g/mol. The molecule has 1 rings (SSSR count). The third kappa shape index (κ3) is 4.58. The van der Waals surface area contributed by atoms with Crippen molar-refractivity contribution in [2.75, 3.05) is 13.2 Å². The summed E-state index contributed by atoms with van der Waals surface area (Å²) in [5.74, 6) is 0.453. The van der Waals surface area contributed by atoms with Crippen LogP contribution in [0.15, 0.2) is 12.5 Å². The molecule has 15 heavy (non-hydrogen) atoms. The highest BCUT2D eigenvalue weighted by Gasteiger charge is 2.22. The van der Waals surface area contributed by atoms with Crippen LogP contribution < -0.4 is 5.32 Å². The zero-order valence-corrected chi connectivity index (χ0v) is 9.33. The Kier molecular flexibility index (Phi) is 3.44. The smallest absolute Gasteiger partial charge is 0.474 e. The van der Waals surface area contributed by atoms with Gasteiger partial charge < -0.3 is 19.5 Å². The van der Waals surface area contributed by atoms with Crippen LogP contribution in [-0.2, 0) is 14.2 Å². The van der Waals surface area contributed by atoms with Crippen LogP contribution in [0, 0.1) is 0 Å². The highest BCUT2D eigenvalue weighted by Crippen LogP contribution is 2.11. The first-order valence-electron chi connectivity index (χ1n) is 4.81. The van der Waals surface area contributed by atoms with Gasteiger partial charge in [0.05, 0.1) is 6.04 Å². The van der Waals surface area contributed by atoms with Gasteiger partial charge in [0, 0.05) is 0 Å². The molecule has 0 atom stereocenters. The van der Waals surface area contributed by atoms with Crippen LogP contribution in [0.2, 0.25) is 0 Å². The third-order valence-electron chi connectivity index (χ3n) is 1.60. The van der Waals surface area contributed by atoms with Gasteiger partial charge >= 0.3 is 6.16 Å². The van der Waals surface area contributed by atoms with Crippen molar-refractivity contribution < 1.29 is 19.0 Å². The lowest BCUT2D eigenvalue weighted by Crippen LogP contribution is -2.43. The van der Waals surface area contributed by atoms with E-state index in [-0.39, 0.29) is 24.9 Å². The van der Waals surface area contributed by atoms with Gasteiger partial charge in [-0.05, 0) is 27.4 Å². The maximum Gasteiger partial charge on any atom is 0.508 e. The monoisotopic (exact) mass is 215 g/mol. The number of cyclic esters (lactones) is 2. The minimum absolute atomic E-state index is 0.0995. The first-order valence-corrected chi connectivity index (χ1v) is 4.81. The molecule has 1 aliphatic rings. The topological polar surface area (TPSA) is 56.8 Å². The van der Waals surface area contributed by atoms with Crippen molar-refractivity contribution in [3.8, 4) is 0 Å². The highest BCUT2D eigenvalue weighted by atomic mass is 16.7. The first kappa shape index (κ1) is 11.7. The van der Waals surface area contributed by atoms with Crippen molar-refractivity contribution >= 4 is 6.16 Å². The summed E-state index contributed by atoms with van der Waals surface area (Å²) in [5.41, 5.74) is -0.295. The molecule has 0 unspecified atom stereocenters. The van der Waals surface area contributed by atoms with Crippen LogP contribution in [0.25, 0.3) is 0 Å². The summed E-state index contributed by atoms with van der Waals surface area (Å²) in [7, 11) is 0. The SMILES string of the molecule is C=C(NC1COC(=O)OC1)OC(C)(C)C. The predicted molar refractivity (Wildman–Crippen MR) is 54.2 cm³/mol. The molecule has 0 aromatic heterocycles. The van der Waals surface area contributed by atoms with Crippen molar-refractivity contribution in [3.63, 3.8) is 0 Å². The van der Waals surface area contributed by atoms with E-state index < -0.39 is 6.16 Å². The van der Waals surface area contributed by atoms with Crippen molar-refractivity contribution in [2.45, 2.75) is 32.4 Å². The largest absolute Gasteiger partial charge is 0.508 e. The maximum absolute atomic E-state index is 10.6. The van der Waals surface area contributed by atoms with E-state index in [4.69, 9.17) is 14.2 Å². The van der Waals surface area contributed by atoms with Crippen molar-refractivity contribution in [1.82, 2.24) is 5.32 Å². The number of rotatable bonds is 3. The lowest BCUT2D eigenvalue weighted by molar-refractivity contribution is -0.0116. The molecule has 0 spiro atoms. The number of ether oxygens (including phenoxy) is 3.